The Morgan fingerprint density at radius 3 is 2.73 bits per heavy atom. The van der Waals surface area contributed by atoms with Crippen molar-refractivity contribution in [3.05, 3.63) is 51.8 Å². The van der Waals surface area contributed by atoms with Crippen molar-refractivity contribution in [1.29, 1.82) is 5.26 Å². The minimum atomic E-state index is -1.41. The molecule has 1 aromatic carbocycles. The number of fused-ring (bicyclic) bond motifs is 1. The SMILES string of the molecule is CCn1nc(O[C@@H]2c3cc(C#N)ccc3OC(C)(C)[C@@]2(C)O)ccc1=O. The molecule has 0 saturated heterocycles. The van der Waals surface area contributed by atoms with Gasteiger partial charge in [0.1, 0.15) is 17.0 Å². The molecule has 26 heavy (non-hydrogen) atoms. The van der Waals surface area contributed by atoms with E-state index in [1.807, 2.05) is 0 Å². The highest BCUT2D eigenvalue weighted by molar-refractivity contribution is 5.47. The van der Waals surface area contributed by atoms with Gasteiger partial charge in [0.25, 0.3) is 5.56 Å². The van der Waals surface area contributed by atoms with Gasteiger partial charge in [0.2, 0.25) is 5.88 Å². The zero-order chi connectivity index (χ0) is 19.1. The van der Waals surface area contributed by atoms with Crippen molar-refractivity contribution in [1.82, 2.24) is 9.78 Å². The first-order chi connectivity index (χ1) is 12.2. The molecule has 1 N–H and O–H groups in total. The van der Waals surface area contributed by atoms with E-state index in [0.29, 0.717) is 23.4 Å². The lowest BCUT2D eigenvalue weighted by Gasteiger charge is -2.48. The summed E-state index contributed by atoms with van der Waals surface area (Å²) in [6.45, 7) is 7.37. The molecule has 136 valence electrons. The number of hydrogen-bond acceptors (Lipinski definition) is 6. The van der Waals surface area contributed by atoms with E-state index >= 15 is 0 Å². The van der Waals surface area contributed by atoms with Crippen LogP contribution >= 0.6 is 0 Å². The molecule has 0 amide bonds. The minimum Gasteiger partial charge on any atom is -0.484 e. The number of nitrogens with zero attached hydrogens (tertiary/aromatic N) is 3. The maximum Gasteiger partial charge on any atom is 0.266 e. The van der Waals surface area contributed by atoms with Crippen molar-refractivity contribution < 1.29 is 14.6 Å². The standard InChI is InChI=1S/C19H21N3O4/c1-5-22-16(23)9-8-15(21-22)25-17-13-10-12(11-20)6-7-14(13)26-18(2,3)19(17,4)24/h6-10,17,24H,5H2,1-4H3/t17-,19+/m1/s1. The van der Waals surface area contributed by atoms with Gasteiger partial charge < -0.3 is 14.6 Å². The Morgan fingerprint density at radius 1 is 1.35 bits per heavy atom. The highest BCUT2D eigenvalue weighted by atomic mass is 16.6. The Morgan fingerprint density at radius 2 is 2.08 bits per heavy atom. The van der Waals surface area contributed by atoms with E-state index in [0.717, 1.165) is 0 Å². The zero-order valence-corrected chi connectivity index (χ0v) is 15.2. The van der Waals surface area contributed by atoms with E-state index in [9.17, 15) is 15.2 Å². The summed E-state index contributed by atoms with van der Waals surface area (Å²) in [7, 11) is 0. The summed E-state index contributed by atoms with van der Waals surface area (Å²) in [6, 6.07) is 9.92. The molecule has 1 aromatic heterocycles. The van der Waals surface area contributed by atoms with Crippen molar-refractivity contribution in [3.8, 4) is 17.7 Å². The number of aliphatic hydroxyl groups is 1. The minimum absolute atomic E-state index is 0.211. The van der Waals surface area contributed by atoms with Crippen LogP contribution in [0, 0.1) is 11.3 Å². The summed E-state index contributed by atoms with van der Waals surface area (Å²) in [5.41, 5.74) is -1.60. The Hall–Kier alpha value is -2.85. The molecule has 2 atom stereocenters. The van der Waals surface area contributed by atoms with E-state index in [2.05, 4.69) is 11.2 Å². The van der Waals surface area contributed by atoms with Crippen LogP contribution in [0.5, 0.6) is 11.6 Å². The summed E-state index contributed by atoms with van der Waals surface area (Å²) in [5, 5.41) is 24.6. The third-order valence-corrected chi connectivity index (χ3v) is 4.90. The van der Waals surface area contributed by atoms with Crippen LogP contribution in [0.3, 0.4) is 0 Å². The van der Waals surface area contributed by atoms with Crippen molar-refractivity contribution >= 4 is 0 Å². The highest BCUT2D eigenvalue weighted by Gasteiger charge is 2.54. The van der Waals surface area contributed by atoms with Gasteiger partial charge in [-0.05, 0) is 45.9 Å². The quantitative estimate of drug-likeness (QED) is 0.906. The molecular formula is C19H21N3O4. The maximum atomic E-state index is 11.7. The van der Waals surface area contributed by atoms with E-state index in [1.165, 1.54) is 16.8 Å². The van der Waals surface area contributed by atoms with Crippen LogP contribution in [0.15, 0.2) is 35.1 Å². The fourth-order valence-corrected chi connectivity index (χ4v) is 2.93. The largest absolute Gasteiger partial charge is 0.484 e. The van der Waals surface area contributed by atoms with E-state index < -0.39 is 17.3 Å². The average Bonchev–Trinajstić information content (AvgIpc) is 2.60. The van der Waals surface area contributed by atoms with E-state index in [-0.39, 0.29) is 11.4 Å². The molecule has 2 heterocycles. The van der Waals surface area contributed by atoms with Crippen LogP contribution < -0.4 is 15.0 Å². The number of rotatable bonds is 3. The number of hydrogen-bond donors (Lipinski definition) is 1. The highest BCUT2D eigenvalue weighted by Crippen LogP contribution is 2.48. The monoisotopic (exact) mass is 355 g/mol. The Bertz CT molecular complexity index is 941. The average molecular weight is 355 g/mol. The number of aryl methyl sites for hydroxylation is 1. The summed E-state index contributed by atoms with van der Waals surface area (Å²) in [4.78, 5) is 11.7. The second-order valence-corrected chi connectivity index (χ2v) is 6.95. The maximum absolute atomic E-state index is 11.7. The first-order valence-electron chi connectivity index (χ1n) is 8.40. The van der Waals surface area contributed by atoms with Crippen LogP contribution in [0.4, 0.5) is 0 Å². The van der Waals surface area contributed by atoms with Gasteiger partial charge >= 0.3 is 0 Å². The lowest BCUT2D eigenvalue weighted by molar-refractivity contribution is -0.175. The smallest absolute Gasteiger partial charge is 0.266 e. The molecule has 0 radical (unpaired) electrons. The third-order valence-electron chi connectivity index (χ3n) is 4.90. The summed E-state index contributed by atoms with van der Waals surface area (Å²) in [5.74, 6) is 0.747. The van der Waals surface area contributed by atoms with E-state index in [4.69, 9.17) is 9.47 Å². The van der Waals surface area contributed by atoms with Gasteiger partial charge in [0.15, 0.2) is 6.10 Å². The van der Waals surface area contributed by atoms with E-state index in [1.54, 1.807) is 45.9 Å². The van der Waals surface area contributed by atoms with Crippen LogP contribution in [0.1, 0.15) is 44.9 Å². The molecular weight excluding hydrogens is 334 g/mol. The molecule has 7 heteroatoms. The number of benzene rings is 1. The molecule has 0 aliphatic carbocycles. The lowest BCUT2D eigenvalue weighted by atomic mass is 9.77. The summed E-state index contributed by atoms with van der Waals surface area (Å²) in [6.07, 6.45) is -0.829. The molecule has 0 spiro atoms. The molecule has 0 fully saturated rings. The lowest BCUT2D eigenvalue weighted by Crippen LogP contribution is -2.59. The van der Waals surface area contributed by atoms with Gasteiger partial charge in [-0.25, -0.2) is 4.68 Å². The van der Waals surface area contributed by atoms with Crippen molar-refractivity contribution in [3.63, 3.8) is 0 Å². The Labute approximate surface area is 151 Å². The van der Waals surface area contributed by atoms with Crippen molar-refractivity contribution in [2.75, 3.05) is 0 Å². The second-order valence-electron chi connectivity index (χ2n) is 6.95. The molecule has 3 rings (SSSR count). The van der Waals surface area contributed by atoms with Gasteiger partial charge in [0.05, 0.1) is 11.6 Å². The predicted octanol–water partition coefficient (Wildman–Crippen LogP) is 2.18. The van der Waals surface area contributed by atoms with Crippen LogP contribution in [-0.4, -0.2) is 26.1 Å². The van der Waals surface area contributed by atoms with Crippen molar-refractivity contribution in [2.45, 2.75) is 51.5 Å². The molecule has 0 unspecified atom stereocenters. The molecule has 1 aliphatic rings. The number of ether oxygens (including phenoxy) is 2. The van der Waals surface area contributed by atoms with Gasteiger partial charge in [0, 0.05) is 24.2 Å². The van der Waals surface area contributed by atoms with Crippen molar-refractivity contribution in [2.24, 2.45) is 0 Å². The van der Waals surface area contributed by atoms with Gasteiger partial charge in [-0.2, -0.15) is 5.26 Å². The summed E-state index contributed by atoms with van der Waals surface area (Å²) >= 11 is 0. The topological polar surface area (TPSA) is 97.4 Å². The first kappa shape index (κ1) is 18.0. The molecule has 2 aromatic rings. The first-order valence-corrected chi connectivity index (χ1v) is 8.40. The van der Waals surface area contributed by atoms with Crippen LogP contribution in [0.25, 0.3) is 0 Å². The molecule has 0 bridgehead atoms. The summed E-state index contributed by atoms with van der Waals surface area (Å²) < 4.78 is 13.2. The van der Waals surface area contributed by atoms with Gasteiger partial charge in [-0.3, -0.25) is 4.79 Å². The van der Waals surface area contributed by atoms with Gasteiger partial charge in [-0.1, -0.05) is 0 Å². The predicted molar refractivity (Wildman–Crippen MR) is 94.0 cm³/mol. The number of nitriles is 1. The Kier molecular flexibility index (Phi) is 4.24. The third kappa shape index (κ3) is 2.82. The normalized spacial score (nSPS) is 23.5. The Balaban J connectivity index is 2.11. The van der Waals surface area contributed by atoms with Crippen LogP contribution in [0.2, 0.25) is 0 Å². The fourth-order valence-electron chi connectivity index (χ4n) is 2.93. The molecule has 1 aliphatic heterocycles. The molecule has 7 nitrogen and oxygen atoms in total. The molecule has 0 saturated carbocycles. The zero-order valence-electron chi connectivity index (χ0n) is 15.2. The fraction of sp³-hybridized carbons (Fsp3) is 0.421. The second kappa shape index (κ2) is 6.15. The number of aromatic nitrogens is 2. The van der Waals surface area contributed by atoms with Gasteiger partial charge in [-0.15, -0.1) is 5.10 Å². The van der Waals surface area contributed by atoms with Crippen LogP contribution in [-0.2, 0) is 6.54 Å².